The standard InChI is InChI=1S/C32H57B8N9O5/c1-13-10-15(50)11-14(2)16(13)12-18(47-27(52)17(42)6-5-9-46-30(44)45)28(53)49-31(38,7-3-4-8-41)29(54)48-25(26(43)51)32(39,40)19-20(33)22(35)24(37)23(36)21(19)34/h10-11,17-18,25,50H,3-9,12,33-42H2,1-2H3,(H2,43,51)(H,47,52)(H,48,54)(H,49,53)(H4,44,45,46)/t17-,18+,25-,31+/m1/s1. The van der Waals surface area contributed by atoms with Crippen molar-refractivity contribution < 1.29 is 24.3 Å². The minimum Gasteiger partial charge on any atom is -0.508 e. The van der Waals surface area contributed by atoms with Crippen LogP contribution in [0.25, 0.3) is 0 Å². The summed E-state index contributed by atoms with van der Waals surface area (Å²) in [6, 6.07) is -0.153. The lowest BCUT2D eigenvalue weighted by Crippen LogP contribution is -2.69. The topological polar surface area (TPSA) is 265 Å². The molecule has 0 aromatic heterocycles. The molecule has 0 aliphatic heterocycles. The first-order valence-electron chi connectivity index (χ1n) is 18.6. The lowest BCUT2D eigenvalue weighted by atomic mass is 9.42. The van der Waals surface area contributed by atoms with Gasteiger partial charge in [-0.15, -0.1) is 16.4 Å². The maximum atomic E-state index is 14.5. The minimum absolute atomic E-state index is 0.0379. The quantitative estimate of drug-likeness (QED) is 0.0284. The molecule has 0 heterocycles. The van der Waals surface area contributed by atoms with Crippen LogP contribution in [-0.4, -0.2) is 134 Å². The zero-order valence-electron chi connectivity index (χ0n) is 33.9. The molecule has 14 N–H and O–H groups in total. The van der Waals surface area contributed by atoms with E-state index < -0.39 is 52.4 Å². The van der Waals surface area contributed by atoms with Crippen molar-refractivity contribution in [3.05, 3.63) is 34.4 Å². The fraction of sp³-hybridized carbons (Fsp3) is 0.469. The highest BCUT2D eigenvalue weighted by molar-refractivity contribution is 6.68. The summed E-state index contributed by atoms with van der Waals surface area (Å²) < 4.78 is 0. The highest BCUT2D eigenvalue weighted by Gasteiger charge is 2.43. The van der Waals surface area contributed by atoms with Crippen LogP contribution < -0.4 is 71.5 Å². The molecule has 0 unspecified atom stereocenters. The molecule has 2 aromatic carbocycles. The number of amides is 4. The molecule has 0 aliphatic carbocycles. The molecule has 0 saturated heterocycles. The maximum Gasteiger partial charge on any atom is 0.243 e. The summed E-state index contributed by atoms with van der Waals surface area (Å²) in [5.41, 5.74) is 30.3. The molecule has 0 aliphatic rings. The van der Waals surface area contributed by atoms with E-state index in [-0.39, 0.29) is 31.0 Å². The van der Waals surface area contributed by atoms with E-state index in [9.17, 15) is 24.3 Å². The largest absolute Gasteiger partial charge is 0.508 e. The third-order valence-corrected chi connectivity index (χ3v) is 11.0. The minimum atomic E-state index is -1.55. The molecule has 4 atom stereocenters. The van der Waals surface area contributed by atoms with E-state index in [2.05, 4.69) is 29.1 Å². The molecule has 0 radical (unpaired) electrons. The summed E-state index contributed by atoms with van der Waals surface area (Å²) in [5, 5.41) is 27.8. The Labute approximate surface area is 327 Å². The van der Waals surface area contributed by atoms with Crippen LogP contribution in [0.5, 0.6) is 5.75 Å². The van der Waals surface area contributed by atoms with Gasteiger partial charge in [0.05, 0.1) is 11.5 Å². The first-order chi connectivity index (χ1) is 25.0. The van der Waals surface area contributed by atoms with E-state index >= 15 is 0 Å². The molecule has 0 saturated carbocycles. The zero-order valence-corrected chi connectivity index (χ0v) is 33.9. The van der Waals surface area contributed by atoms with Gasteiger partial charge in [-0.2, -0.15) is 0 Å². The summed E-state index contributed by atoms with van der Waals surface area (Å²) in [7, 11) is 15.5. The number of rotatable bonds is 19. The number of carbonyl (C=O) groups is 4. The third kappa shape index (κ3) is 11.4. The van der Waals surface area contributed by atoms with Gasteiger partial charge in [-0.05, 0) is 80.1 Å². The van der Waals surface area contributed by atoms with Crippen LogP contribution in [0.3, 0.4) is 0 Å². The Kier molecular flexibility index (Phi) is 16.5. The van der Waals surface area contributed by atoms with Gasteiger partial charge in [-0.1, -0.05) is 22.9 Å². The van der Waals surface area contributed by atoms with Gasteiger partial charge in [0.15, 0.2) is 5.96 Å². The summed E-state index contributed by atoms with van der Waals surface area (Å²) in [5.74, 6) is -2.69. The third-order valence-electron chi connectivity index (χ3n) is 11.0. The van der Waals surface area contributed by atoms with Crippen molar-refractivity contribution >= 4 is 120 Å². The van der Waals surface area contributed by atoms with Crippen LogP contribution in [0.1, 0.15) is 54.4 Å². The van der Waals surface area contributed by atoms with Crippen LogP contribution in [0.15, 0.2) is 12.1 Å². The fourth-order valence-electron chi connectivity index (χ4n) is 7.38. The lowest BCUT2D eigenvalue weighted by molar-refractivity contribution is -0.135. The number of hydrogen-bond donors (Lipinski definition) is 10. The predicted octanol–water partition coefficient (Wildman–Crippen LogP) is -12.4. The molecule has 54 heavy (non-hydrogen) atoms. The van der Waals surface area contributed by atoms with Crippen molar-refractivity contribution in [2.45, 2.75) is 81.1 Å². The molecule has 284 valence electrons. The van der Waals surface area contributed by atoms with Crippen LogP contribution in [0.2, 0.25) is 0 Å². The van der Waals surface area contributed by atoms with E-state index in [0.717, 1.165) is 38.4 Å². The van der Waals surface area contributed by atoms with E-state index in [1.165, 1.54) is 0 Å². The Morgan fingerprint density at radius 3 is 1.89 bits per heavy atom. The van der Waals surface area contributed by atoms with Crippen molar-refractivity contribution in [3.63, 3.8) is 0 Å². The van der Waals surface area contributed by atoms with Gasteiger partial charge in [0, 0.05) is 13.0 Å². The van der Waals surface area contributed by atoms with Gasteiger partial charge in [-0.25, -0.2) is 0 Å². The monoisotopic (exact) mass is 736 g/mol. The number of primary amides is 1. The molecule has 2 rings (SSSR count). The molecule has 0 spiro atoms. The van der Waals surface area contributed by atoms with Gasteiger partial charge in [0.1, 0.15) is 80.6 Å². The second-order valence-corrected chi connectivity index (χ2v) is 15.5. The average Bonchev–Trinajstić information content (AvgIpc) is 3.07. The number of phenols is 1. The number of aromatic hydroxyl groups is 1. The van der Waals surface area contributed by atoms with Gasteiger partial charge in [0.25, 0.3) is 0 Å². The van der Waals surface area contributed by atoms with E-state index in [0.29, 0.717) is 43.5 Å². The Balaban J connectivity index is 2.55. The van der Waals surface area contributed by atoms with Crippen LogP contribution in [0.4, 0.5) is 0 Å². The van der Waals surface area contributed by atoms with Crippen molar-refractivity contribution in [1.82, 2.24) is 21.3 Å². The zero-order chi connectivity index (χ0) is 41.3. The van der Waals surface area contributed by atoms with E-state index in [1.807, 2.05) is 47.1 Å². The van der Waals surface area contributed by atoms with Gasteiger partial charge in [-0.3, -0.25) is 24.6 Å². The molecular formula is C32H57B8N9O5. The SMILES string of the molecule is Bc1c(B)c(B)c(C(B)(B)[C@H](NC(=O)[C@](B)(CCCCN)NC(=O)[C@H](Cc2c(C)cc(O)cc2C)NC(=O)[C@H](N)CCCNC(=N)N)C(N)=O)c(B)c1B. The van der Waals surface area contributed by atoms with Crippen LogP contribution >= 0.6 is 0 Å². The molecular weight excluding hydrogens is 677 g/mol. The number of nitrogens with two attached hydrogens (primary N) is 4. The summed E-state index contributed by atoms with van der Waals surface area (Å²) >= 11 is 0. The molecule has 2 aromatic rings. The summed E-state index contributed by atoms with van der Waals surface area (Å²) in [6.45, 7) is 4.30. The number of aryl methyl sites for hydroxylation is 2. The molecule has 4 amide bonds. The second-order valence-electron chi connectivity index (χ2n) is 15.5. The Hall–Kier alpha value is -4.17. The number of nitrogens with one attached hydrogen (secondary N) is 5. The number of benzene rings is 2. The van der Waals surface area contributed by atoms with Gasteiger partial charge >= 0.3 is 0 Å². The molecule has 0 fully saturated rings. The molecule has 0 bridgehead atoms. The Morgan fingerprint density at radius 1 is 0.852 bits per heavy atom. The van der Waals surface area contributed by atoms with Crippen LogP contribution in [0, 0.1) is 19.3 Å². The number of carbonyl (C=O) groups excluding carboxylic acids is 4. The second kappa shape index (κ2) is 19.4. The summed E-state index contributed by atoms with van der Waals surface area (Å²) in [4.78, 5) is 55.5. The maximum absolute atomic E-state index is 14.5. The normalized spacial score (nSPS) is 14.1. The number of guanidine groups is 1. The molecule has 22 heteroatoms. The molecule has 14 nitrogen and oxygen atoms in total. The van der Waals surface area contributed by atoms with Gasteiger partial charge < -0.3 is 49.3 Å². The first kappa shape index (κ1) is 46.0. The van der Waals surface area contributed by atoms with Gasteiger partial charge in [0.2, 0.25) is 23.6 Å². The Morgan fingerprint density at radius 2 is 1.39 bits per heavy atom. The highest BCUT2D eigenvalue weighted by atomic mass is 16.3. The predicted molar refractivity (Wildman–Crippen MR) is 240 cm³/mol. The van der Waals surface area contributed by atoms with Crippen molar-refractivity contribution in [3.8, 4) is 5.75 Å². The number of unbranched alkanes of at least 4 members (excludes halogenated alkanes) is 1. The highest BCUT2D eigenvalue weighted by Crippen LogP contribution is 2.23. The smallest absolute Gasteiger partial charge is 0.243 e. The van der Waals surface area contributed by atoms with Crippen molar-refractivity contribution in [2.24, 2.45) is 22.9 Å². The Bertz CT molecular complexity index is 1700. The van der Waals surface area contributed by atoms with Crippen molar-refractivity contribution in [1.29, 1.82) is 5.41 Å². The average molecular weight is 734 g/mol. The fourth-order valence-corrected chi connectivity index (χ4v) is 7.38. The van der Waals surface area contributed by atoms with Crippen molar-refractivity contribution in [2.75, 3.05) is 13.1 Å². The van der Waals surface area contributed by atoms with E-state index in [4.69, 9.17) is 28.3 Å². The summed E-state index contributed by atoms with van der Waals surface area (Å²) in [6.07, 6.45) is 1.96. The number of hydrogen-bond acceptors (Lipinski definition) is 8. The lowest BCUT2D eigenvalue weighted by Gasteiger charge is -2.40. The number of phenolic OH excluding ortho intramolecular Hbond substituents is 1. The first-order valence-corrected chi connectivity index (χ1v) is 18.6. The van der Waals surface area contributed by atoms with Crippen LogP contribution in [-0.2, 0) is 30.8 Å². The van der Waals surface area contributed by atoms with E-state index in [1.54, 1.807) is 33.8 Å².